The number of hydrogen-bond acceptors (Lipinski definition) is 7. The van der Waals surface area contributed by atoms with Gasteiger partial charge in [-0.3, -0.25) is 14.9 Å². The summed E-state index contributed by atoms with van der Waals surface area (Å²) in [6, 6.07) is 10.6. The number of rotatable bonds is 6. The Morgan fingerprint density at radius 1 is 0.909 bits per heavy atom. The average Bonchev–Trinajstić information content (AvgIpc) is 3.36. The second-order valence-electron chi connectivity index (χ2n) is 7.59. The molecule has 0 atom stereocenters. The monoisotopic (exact) mass is 467 g/mol. The molecule has 4 rings (SSSR count). The van der Waals surface area contributed by atoms with Crippen LogP contribution in [0.2, 0.25) is 0 Å². The Kier molecular flexibility index (Phi) is 6.50. The Balaban J connectivity index is 1.78. The van der Waals surface area contributed by atoms with Crippen LogP contribution in [-0.4, -0.2) is 51.3 Å². The first-order valence-electron chi connectivity index (χ1n) is 10.5. The van der Waals surface area contributed by atoms with Crippen molar-refractivity contribution in [3.8, 4) is 17.2 Å². The quantitative estimate of drug-likeness (QED) is 0.397. The zero-order chi connectivity index (χ0) is 23.5. The number of para-hydroxylation sites is 2. The van der Waals surface area contributed by atoms with Crippen LogP contribution in [0.5, 0.6) is 17.2 Å². The second kappa shape index (κ2) is 9.50. The maximum Gasteiger partial charge on any atom is 0.270 e. The fourth-order valence-electron chi connectivity index (χ4n) is 4.07. The standard InChI is InChI=1S/C24H25N3O5S/c1-30-19-9-5-4-8-17(19)27-23(29)16(22(28)25-24(27)33)12-15-13-21(32-3)18(14-20(15)31-2)26-10-6-7-11-26/h4-5,8-9,12-14H,6-7,10-11H2,1-3H3,(H,25,28,33)/b16-12+. The highest BCUT2D eigenvalue weighted by atomic mass is 32.1. The minimum atomic E-state index is -0.583. The Hall–Kier alpha value is -3.59. The fraction of sp³-hybridized carbons (Fsp3) is 0.292. The van der Waals surface area contributed by atoms with E-state index in [2.05, 4.69) is 10.2 Å². The average molecular weight is 468 g/mol. The number of thiocarbonyl (C=S) groups is 1. The Bertz CT molecular complexity index is 1140. The number of hydrogen-bond donors (Lipinski definition) is 1. The third-order valence-corrected chi connectivity index (χ3v) is 5.99. The van der Waals surface area contributed by atoms with Crippen molar-refractivity contribution in [3.63, 3.8) is 0 Å². The molecule has 1 N–H and O–H groups in total. The zero-order valence-electron chi connectivity index (χ0n) is 18.7. The van der Waals surface area contributed by atoms with Crippen molar-refractivity contribution in [1.82, 2.24) is 5.32 Å². The van der Waals surface area contributed by atoms with E-state index in [4.69, 9.17) is 26.4 Å². The molecule has 9 heteroatoms. The lowest BCUT2D eigenvalue weighted by Crippen LogP contribution is -2.54. The van der Waals surface area contributed by atoms with E-state index in [0.29, 0.717) is 28.5 Å². The number of ether oxygens (including phenoxy) is 3. The topological polar surface area (TPSA) is 80.3 Å². The highest BCUT2D eigenvalue weighted by molar-refractivity contribution is 7.80. The predicted octanol–water partition coefficient (Wildman–Crippen LogP) is 3.14. The van der Waals surface area contributed by atoms with Gasteiger partial charge in [-0.15, -0.1) is 0 Å². The van der Waals surface area contributed by atoms with E-state index < -0.39 is 11.8 Å². The van der Waals surface area contributed by atoms with E-state index in [-0.39, 0.29) is 10.7 Å². The molecule has 2 aromatic carbocycles. The van der Waals surface area contributed by atoms with Gasteiger partial charge in [-0.05, 0) is 49.3 Å². The summed E-state index contributed by atoms with van der Waals surface area (Å²) < 4.78 is 16.6. The summed E-state index contributed by atoms with van der Waals surface area (Å²) in [5.41, 5.74) is 1.83. The molecule has 2 aliphatic rings. The zero-order valence-corrected chi connectivity index (χ0v) is 19.5. The molecule has 2 fully saturated rings. The number of anilines is 2. The van der Waals surface area contributed by atoms with Gasteiger partial charge in [0.2, 0.25) is 0 Å². The van der Waals surface area contributed by atoms with Crippen LogP contribution in [0.4, 0.5) is 11.4 Å². The summed E-state index contributed by atoms with van der Waals surface area (Å²) in [5, 5.41) is 2.58. The van der Waals surface area contributed by atoms with Gasteiger partial charge < -0.3 is 19.1 Å². The van der Waals surface area contributed by atoms with Crippen molar-refractivity contribution in [2.75, 3.05) is 44.2 Å². The molecule has 33 heavy (non-hydrogen) atoms. The highest BCUT2D eigenvalue weighted by Crippen LogP contribution is 2.38. The van der Waals surface area contributed by atoms with Crippen molar-refractivity contribution in [2.24, 2.45) is 0 Å². The fourth-order valence-corrected chi connectivity index (χ4v) is 4.34. The van der Waals surface area contributed by atoms with Crippen LogP contribution in [0.25, 0.3) is 6.08 Å². The molecule has 0 saturated carbocycles. The molecular formula is C24H25N3O5S. The van der Waals surface area contributed by atoms with Crippen LogP contribution in [-0.2, 0) is 9.59 Å². The predicted molar refractivity (Wildman–Crippen MR) is 130 cm³/mol. The first-order valence-corrected chi connectivity index (χ1v) is 10.9. The van der Waals surface area contributed by atoms with Gasteiger partial charge >= 0.3 is 0 Å². The van der Waals surface area contributed by atoms with Crippen molar-refractivity contribution >= 4 is 46.6 Å². The molecule has 2 amide bonds. The minimum absolute atomic E-state index is 0.0134. The van der Waals surface area contributed by atoms with E-state index >= 15 is 0 Å². The molecule has 2 aliphatic heterocycles. The molecule has 0 aromatic heterocycles. The molecule has 0 spiro atoms. The Morgan fingerprint density at radius 2 is 1.58 bits per heavy atom. The Morgan fingerprint density at radius 3 is 2.24 bits per heavy atom. The van der Waals surface area contributed by atoms with Gasteiger partial charge in [0.25, 0.3) is 11.8 Å². The molecular weight excluding hydrogens is 442 g/mol. The normalized spacial score (nSPS) is 17.4. The van der Waals surface area contributed by atoms with Gasteiger partial charge in [-0.2, -0.15) is 0 Å². The largest absolute Gasteiger partial charge is 0.496 e. The van der Waals surface area contributed by atoms with Gasteiger partial charge in [0.1, 0.15) is 22.8 Å². The molecule has 2 saturated heterocycles. The van der Waals surface area contributed by atoms with Crippen molar-refractivity contribution in [2.45, 2.75) is 12.8 Å². The molecule has 172 valence electrons. The number of amides is 2. The van der Waals surface area contributed by atoms with Crippen LogP contribution < -0.4 is 29.3 Å². The molecule has 8 nitrogen and oxygen atoms in total. The summed E-state index contributed by atoms with van der Waals surface area (Å²) in [7, 11) is 4.65. The number of benzene rings is 2. The second-order valence-corrected chi connectivity index (χ2v) is 7.98. The van der Waals surface area contributed by atoms with Crippen LogP contribution in [0.1, 0.15) is 18.4 Å². The Labute approximate surface area is 197 Å². The van der Waals surface area contributed by atoms with Crippen LogP contribution in [0, 0.1) is 0 Å². The highest BCUT2D eigenvalue weighted by Gasteiger charge is 2.36. The van der Waals surface area contributed by atoms with Crippen molar-refractivity contribution < 1.29 is 23.8 Å². The van der Waals surface area contributed by atoms with E-state index in [9.17, 15) is 9.59 Å². The maximum atomic E-state index is 13.4. The first-order chi connectivity index (χ1) is 16.0. The van der Waals surface area contributed by atoms with E-state index in [1.165, 1.54) is 18.1 Å². The van der Waals surface area contributed by atoms with Crippen molar-refractivity contribution in [3.05, 3.63) is 47.5 Å². The smallest absolute Gasteiger partial charge is 0.270 e. The number of methoxy groups -OCH3 is 3. The summed E-state index contributed by atoms with van der Waals surface area (Å²) in [5.74, 6) is 0.490. The van der Waals surface area contributed by atoms with Gasteiger partial charge in [0, 0.05) is 24.7 Å². The van der Waals surface area contributed by atoms with Gasteiger partial charge in [0.05, 0.1) is 32.7 Å². The molecule has 0 aliphatic carbocycles. The molecule has 2 heterocycles. The lowest BCUT2D eigenvalue weighted by molar-refractivity contribution is -0.122. The lowest BCUT2D eigenvalue weighted by atomic mass is 10.0. The molecule has 0 unspecified atom stereocenters. The van der Waals surface area contributed by atoms with Gasteiger partial charge in [-0.1, -0.05) is 12.1 Å². The summed E-state index contributed by atoms with van der Waals surface area (Å²) in [6.45, 7) is 1.87. The number of carbonyl (C=O) groups is 2. The summed E-state index contributed by atoms with van der Waals surface area (Å²) in [4.78, 5) is 29.7. The van der Waals surface area contributed by atoms with E-state index in [1.807, 2.05) is 6.07 Å². The number of nitrogens with zero attached hydrogens (tertiary/aromatic N) is 2. The third-order valence-electron chi connectivity index (χ3n) is 5.71. The minimum Gasteiger partial charge on any atom is -0.496 e. The van der Waals surface area contributed by atoms with Crippen LogP contribution >= 0.6 is 12.2 Å². The molecule has 0 radical (unpaired) electrons. The summed E-state index contributed by atoms with van der Waals surface area (Å²) in [6.07, 6.45) is 3.73. The SMILES string of the molecule is COc1cc(N2CCCC2)c(OC)cc1/C=C1\C(=O)NC(=S)N(c2ccccc2OC)C1=O. The van der Waals surface area contributed by atoms with Gasteiger partial charge in [-0.25, -0.2) is 4.90 Å². The first kappa shape index (κ1) is 22.6. The van der Waals surface area contributed by atoms with Crippen molar-refractivity contribution in [1.29, 1.82) is 0 Å². The van der Waals surface area contributed by atoms with Crippen LogP contribution in [0.3, 0.4) is 0 Å². The van der Waals surface area contributed by atoms with Crippen LogP contribution in [0.15, 0.2) is 42.0 Å². The lowest BCUT2D eigenvalue weighted by Gasteiger charge is -2.30. The number of nitrogens with one attached hydrogen (secondary N) is 1. The van der Waals surface area contributed by atoms with Gasteiger partial charge in [0.15, 0.2) is 5.11 Å². The van der Waals surface area contributed by atoms with E-state index in [0.717, 1.165) is 31.6 Å². The number of carbonyl (C=O) groups excluding carboxylic acids is 2. The van der Waals surface area contributed by atoms with E-state index in [1.54, 1.807) is 44.6 Å². The summed E-state index contributed by atoms with van der Waals surface area (Å²) >= 11 is 5.30. The third kappa shape index (κ3) is 4.23. The molecule has 2 aromatic rings. The maximum absolute atomic E-state index is 13.4. The molecule has 0 bridgehead atoms.